The van der Waals surface area contributed by atoms with Crippen LogP contribution in [0.15, 0.2) is 0 Å². The monoisotopic (exact) mass is 168 g/mol. The van der Waals surface area contributed by atoms with E-state index < -0.39 is 0 Å². The Hall–Kier alpha value is 0.452. The summed E-state index contributed by atoms with van der Waals surface area (Å²) in [6, 6.07) is 0. The quantitative estimate of drug-likeness (QED) is 0.496. The second kappa shape index (κ2) is 3.45. The van der Waals surface area contributed by atoms with E-state index in [1.54, 1.807) is 0 Å². The molecule has 0 radical (unpaired) electrons. The predicted molar refractivity (Wildman–Crippen MR) is 49.3 cm³/mol. The maximum Gasteiger partial charge on any atom is 0.234 e. The molecule has 0 aromatic carbocycles. The summed E-state index contributed by atoms with van der Waals surface area (Å²) in [6.45, 7) is 4.09. The molecule has 1 unspecified atom stereocenters. The molecule has 2 aliphatic heterocycles. The Labute approximate surface area is 77.0 Å². The van der Waals surface area contributed by atoms with Gasteiger partial charge in [-0.1, -0.05) is 5.41 Å². The topological polar surface area (TPSA) is 6.48 Å². The highest BCUT2D eigenvalue weighted by Gasteiger charge is 2.31. The van der Waals surface area contributed by atoms with Crippen LogP contribution in [0.25, 0.3) is 0 Å². The Bertz CT molecular complexity index is 140. The van der Waals surface area contributed by atoms with Crippen molar-refractivity contribution in [1.82, 2.24) is 9.80 Å². The Morgan fingerprint density at radius 1 is 1.18 bits per heavy atom. The van der Waals surface area contributed by atoms with E-state index >= 15 is 0 Å². The molecule has 0 bridgehead atoms. The van der Waals surface area contributed by atoms with Gasteiger partial charge in [-0.2, -0.15) is 0 Å². The molecule has 3 heteroatoms. The van der Waals surface area contributed by atoms with E-state index in [4.69, 9.17) is 0 Å². The molecule has 2 saturated heterocycles. The molecule has 0 aromatic rings. The van der Waals surface area contributed by atoms with Crippen molar-refractivity contribution in [2.75, 3.05) is 25.0 Å². The van der Waals surface area contributed by atoms with Crippen LogP contribution in [0, 0.1) is 0 Å². The van der Waals surface area contributed by atoms with Crippen LogP contribution in [0.3, 0.4) is 0 Å². The maximum absolute atomic E-state index is 2.68. The largest absolute Gasteiger partial charge is 0.302 e. The molecule has 2 heterocycles. The van der Waals surface area contributed by atoms with E-state index in [-0.39, 0.29) is 0 Å². The highest BCUT2D eigenvalue weighted by molar-refractivity contribution is 6.08. The summed E-state index contributed by atoms with van der Waals surface area (Å²) >= 11 is 1.34. The van der Waals surface area contributed by atoms with Crippen molar-refractivity contribution in [2.45, 2.75) is 25.4 Å². The Kier molecular flexibility index (Phi) is 2.53. The Balaban J connectivity index is 2.00. The number of hydrogen-bond acceptors (Lipinski definition) is 2. The number of fused-ring (bicyclic) bond motifs is 1. The Morgan fingerprint density at radius 3 is 2.82 bits per heavy atom. The van der Waals surface area contributed by atoms with Gasteiger partial charge in [-0.3, -0.25) is 4.90 Å². The van der Waals surface area contributed by atoms with E-state index in [0.29, 0.717) is 0 Å². The third-order valence-corrected chi connectivity index (χ3v) is 3.86. The van der Waals surface area contributed by atoms with Crippen LogP contribution in [0.4, 0.5) is 0 Å². The molecule has 2 rings (SSSR count). The summed E-state index contributed by atoms with van der Waals surface area (Å²) in [5.41, 5.74) is 0. The second-order valence-corrected chi connectivity index (χ2v) is 4.27. The lowest BCUT2D eigenvalue weighted by Crippen LogP contribution is -2.50. The molecule has 2 aliphatic rings. The first-order chi connectivity index (χ1) is 5.42. The molecule has 0 amide bonds. The van der Waals surface area contributed by atoms with Crippen LogP contribution in [0.5, 0.6) is 0 Å². The Morgan fingerprint density at radius 2 is 2.00 bits per heavy atom. The van der Waals surface area contributed by atoms with Gasteiger partial charge in [0.1, 0.15) is 0 Å². The van der Waals surface area contributed by atoms with Crippen molar-refractivity contribution in [3.8, 4) is 0 Å². The van der Waals surface area contributed by atoms with Crippen LogP contribution in [-0.2, 0) is 0 Å². The molecule has 11 heavy (non-hydrogen) atoms. The van der Waals surface area contributed by atoms with E-state index in [0.717, 1.165) is 6.17 Å². The fourth-order valence-corrected chi connectivity index (χ4v) is 3.22. The van der Waals surface area contributed by atoms with E-state index in [1.165, 1.54) is 60.6 Å². The molecular weight excluding hydrogens is 151 g/mol. The van der Waals surface area contributed by atoms with Crippen molar-refractivity contribution in [1.29, 1.82) is 0 Å². The maximum atomic E-state index is 2.68. The minimum absolute atomic E-state index is 0.848. The molecule has 0 N–H and O–H groups in total. The average Bonchev–Trinajstić information content (AvgIpc) is 2.50. The summed E-state index contributed by atoms with van der Waals surface area (Å²) in [6.07, 6.45) is 5.12. The average molecular weight is 168 g/mol. The zero-order chi connectivity index (χ0) is 7.68. The van der Waals surface area contributed by atoms with Crippen LogP contribution >= 0.6 is 0 Å². The smallest absolute Gasteiger partial charge is 0.234 e. The third kappa shape index (κ3) is 1.48. The van der Waals surface area contributed by atoms with Crippen molar-refractivity contribution in [2.24, 2.45) is 0 Å². The van der Waals surface area contributed by atoms with Crippen molar-refractivity contribution < 1.29 is 0 Å². The summed E-state index contributed by atoms with van der Waals surface area (Å²) < 4.78 is 0. The standard InChI is InChI=1S/C8H15N2.Al.2H/c1-9-5-3-7-10-6-2-4-8(9)10;;;/h8H,1-7H2;;;. The van der Waals surface area contributed by atoms with Gasteiger partial charge in [-0.05, 0) is 32.4 Å². The molecule has 62 valence electrons. The van der Waals surface area contributed by atoms with Gasteiger partial charge in [-0.25, -0.2) is 0 Å². The van der Waals surface area contributed by atoms with Gasteiger partial charge in [0.2, 0.25) is 16.3 Å². The van der Waals surface area contributed by atoms with Gasteiger partial charge in [0.05, 0.1) is 6.17 Å². The van der Waals surface area contributed by atoms with Gasteiger partial charge >= 0.3 is 0 Å². The van der Waals surface area contributed by atoms with Gasteiger partial charge in [-0.15, -0.1) is 0 Å². The lowest BCUT2D eigenvalue weighted by Gasteiger charge is -2.39. The van der Waals surface area contributed by atoms with Crippen molar-refractivity contribution >= 4 is 16.3 Å². The zero-order valence-corrected chi connectivity index (χ0v) is 9.42. The molecule has 0 aromatic heterocycles. The highest BCUT2D eigenvalue weighted by atomic mass is 27.0. The third-order valence-electron chi connectivity index (χ3n) is 3.05. The normalized spacial score (nSPS) is 34.0. The SMILES string of the molecule is [AlH2][CH2]N1CCCN2CCCC12. The van der Waals surface area contributed by atoms with Crippen LogP contribution < -0.4 is 0 Å². The lowest BCUT2D eigenvalue weighted by atomic mass is 10.2. The van der Waals surface area contributed by atoms with Crippen LogP contribution in [0.2, 0.25) is 0 Å². The molecular formula is C8H17AlN2. The summed E-state index contributed by atoms with van der Waals surface area (Å²) in [4.78, 5) is 5.35. The van der Waals surface area contributed by atoms with E-state index in [9.17, 15) is 0 Å². The van der Waals surface area contributed by atoms with Gasteiger partial charge in [0, 0.05) is 6.54 Å². The second-order valence-electron chi connectivity index (χ2n) is 3.64. The highest BCUT2D eigenvalue weighted by Crippen LogP contribution is 2.23. The zero-order valence-electron chi connectivity index (χ0n) is 7.42. The summed E-state index contributed by atoms with van der Waals surface area (Å²) in [7, 11) is 0. The van der Waals surface area contributed by atoms with Gasteiger partial charge in [0.15, 0.2) is 0 Å². The number of nitrogens with zero attached hydrogens (tertiary/aromatic N) is 2. The molecule has 1 atom stereocenters. The van der Waals surface area contributed by atoms with Crippen molar-refractivity contribution in [3.63, 3.8) is 0 Å². The minimum Gasteiger partial charge on any atom is -0.302 e. The number of hydrogen-bond donors (Lipinski definition) is 0. The van der Waals surface area contributed by atoms with Gasteiger partial charge < -0.3 is 4.90 Å². The van der Waals surface area contributed by atoms with Gasteiger partial charge in [0.25, 0.3) is 0 Å². The van der Waals surface area contributed by atoms with Crippen molar-refractivity contribution in [3.05, 3.63) is 0 Å². The molecule has 2 nitrogen and oxygen atoms in total. The first-order valence-electron chi connectivity index (χ1n) is 4.90. The molecule has 0 spiro atoms. The number of rotatable bonds is 1. The van der Waals surface area contributed by atoms with Crippen LogP contribution in [0.1, 0.15) is 19.3 Å². The molecule has 2 fully saturated rings. The molecule has 0 aliphatic carbocycles. The summed E-state index contributed by atoms with van der Waals surface area (Å²) in [5, 5.41) is 1.38. The van der Waals surface area contributed by atoms with E-state index in [1.807, 2.05) is 0 Å². The first-order valence-corrected chi connectivity index (χ1v) is 6.31. The van der Waals surface area contributed by atoms with Crippen LogP contribution in [-0.4, -0.2) is 57.3 Å². The fraction of sp³-hybridized carbons (Fsp3) is 1.00. The minimum atomic E-state index is 0.848. The first kappa shape index (κ1) is 8.07. The summed E-state index contributed by atoms with van der Waals surface area (Å²) in [5.74, 6) is 0. The lowest BCUT2D eigenvalue weighted by molar-refractivity contribution is 0.0495. The molecule has 0 saturated carbocycles. The fourth-order valence-electron chi connectivity index (χ4n) is 2.48. The predicted octanol–water partition coefficient (Wildman–Crippen LogP) is -0.295. The van der Waals surface area contributed by atoms with E-state index in [2.05, 4.69) is 9.80 Å².